The first-order valence-corrected chi connectivity index (χ1v) is 12.9. The van der Waals surface area contributed by atoms with Gasteiger partial charge in [-0.3, -0.25) is 0 Å². The quantitative estimate of drug-likeness (QED) is 0.370. The largest absolute Gasteiger partial charge is 0.392 e. The van der Waals surface area contributed by atoms with Crippen molar-refractivity contribution in [2.45, 2.75) is 111 Å². The fraction of sp³-hybridized carbons (Fsp3) is 0.926. The summed E-state index contributed by atoms with van der Waals surface area (Å²) in [4.78, 5) is 11.1. The lowest BCUT2D eigenvalue weighted by molar-refractivity contribution is -0.113. The molecule has 0 saturated heterocycles. The van der Waals surface area contributed by atoms with Crippen molar-refractivity contribution < 1.29 is 5.11 Å². The number of rotatable bonds is 6. The van der Waals surface area contributed by atoms with E-state index in [0.717, 1.165) is 37.0 Å². The molecule has 0 aromatic carbocycles. The number of fused-ring (bicyclic) bond motifs is 5. The van der Waals surface area contributed by atoms with Crippen LogP contribution in [0.4, 0.5) is 0 Å². The molecule has 170 valence electrons. The second-order valence-corrected chi connectivity index (χ2v) is 12.4. The Hall–Kier alpha value is -0.700. The SMILES string of the molecule is CC(C)CCC[C@@H](C)[C@H]1CC[C@H]2[C@@H]3[C@H](O)CC4=CC(N=O)CC[C@]4(C)[C@H]3CC[C@]12C. The van der Waals surface area contributed by atoms with E-state index in [9.17, 15) is 10.0 Å². The van der Waals surface area contributed by atoms with Crippen LogP contribution in [0.5, 0.6) is 0 Å². The zero-order valence-electron chi connectivity index (χ0n) is 20.1. The molecule has 0 spiro atoms. The Balaban J connectivity index is 1.53. The molecular weight excluding hydrogens is 370 g/mol. The van der Waals surface area contributed by atoms with Crippen molar-refractivity contribution >= 4 is 0 Å². The summed E-state index contributed by atoms with van der Waals surface area (Å²) in [7, 11) is 0. The highest BCUT2D eigenvalue weighted by molar-refractivity contribution is 5.28. The van der Waals surface area contributed by atoms with E-state index in [-0.39, 0.29) is 17.6 Å². The van der Waals surface area contributed by atoms with Crippen molar-refractivity contribution in [2.75, 3.05) is 0 Å². The molecule has 30 heavy (non-hydrogen) atoms. The maximum Gasteiger partial charge on any atom is 0.110 e. The summed E-state index contributed by atoms with van der Waals surface area (Å²) >= 11 is 0. The molecule has 0 heterocycles. The summed E-state index contributed by atoms with van der Waals surface area (Å²) in [6.07, 6.45) is 13.9. The van der Waals surface area contributed by atoms with Gasteiger partial charge >= 0.3 is 0 Å². The lowest BCUT2D eigenvalue weighted by Gasteiger charge is -2.60. The molecule has 0 aromatic rings. The van der Waals surface area contributed by atoms with Gasteiger partial charge in [0.15, 0.2) is 0 Å². The summed E-state index contributed by atoms with van der Waals surface area (Å²) in [6.45, 7) is 12.2. The molecule has 0 aliphatic heterocycles. The standard InChI is InChI=1S/C27H45NO2/c1-17(2)7-6-8-18(3)21-9-10-22-25-23(12-14-27(21,22)5)26(4)13-11-20(28-30)15-19(26)16-24(25)29/h15,17-18,20-25,29H,6-14,16H2,1-5H3/t18-,20?,21-,22+,23+,24-,25+,26+,27-/m1/s1. The molecule has 3 saturated carbocycles. The van der Waals surface area contributed by atoms with Gasteiger partial charge in [0.05, 0.1) is 6.10 Å². The van der Waals surface area contributed by atoms with Gasteiger partial charge in [0, 0.05) is 0 Å². The van der Waals surface area contributed by atoms with Crippen molar-refractivity contribution in [3.8, 4) is 0 Å². The van der Waals surface area contributed by atoms with E-state index in [1.807, 2.05) is 0 Å². The average molecular weight is 416 g/mol. The monoisotopic (exact) mass is 415 g/mol. The fourth-order valence-corrected chi connectivity index (χ4v) is 8.78. The summed E-state index contributed by atoms with van der Waals surface area (Å²) in [6, 6.07) is -0.173. The minimum absolute atomic E-state index is 0.173. The van der Waals surface area contributed by atoms with Crippen LogP contribution in [-0.4, -0.2) is 17.3 Å². The Morgan fingerprint density at radius 1 is 1.07 bits per heavy atom. The molecule has 1 N–H and O–H groups in total. The predicted octanol–water partition coefficient (Wildman–Crippen LogP) is 7.13. The molecule has 9 atom stereocenters. The Morgan fingerprint density at radius 3 is 2.53 bits per heavy atom. The zero-order chi connectivity index (χ0) is 21.7. The first-order valence-electron chi connectivity index (χ1n) is 12.9. The summed E-state index contributed by atoms with van der Waals surface area (Å²) in [5.74, 6) is 4.12. The minimum atomic E-state index is -0.237. The van der Waals surface area contributed by atoms with Crippen LogP contribution in [0, 0.1) is 51.2 Å². The van der Waals surface area contributed by atoms with Gasteiger partial charge in [0.2, 0.25) is 0 Å². The molecule has 4 aliphatic carbocycles. The van der Waals surface area contributed by atoms with Crippen LogP contribution in [-0.2, 0) is 0 Å². The van der Waals surface area contributed by atoms with E-state index in [1.165, 1.54) is 50.5 Å². The van der Waals surface area contributed by atoms with Crippen molar-refractivity contribution in [3.05, 3.63) is 16.6 Å². The second kappa shape index (κ2) is 8.34. The van der Waals surface area contributed by atoms with Crippen LogP contribution in [0.1, 0.15) is 98.8 Å². The molecule has 3 fully saturated rings. The molecule has 4 aliphatic rings. The van der Waals surface area contributed by atoms with Crippen LogP contribution < -0.4 is 0 Å². The van der Waals surface area contributed by atoms with Gasteiger partial charge in [0.25, 0.3) is 0 Å². The number of hydrogen-bond donors (Lipinski definition) is 1. The van der Waals surface area contributed by atoms with Gasteiger partial charge < -0.3 is 5.11 Å². The Bertz CT molecular complexity index is 672. The highest BCUT2D eigenvalue weighted by atomic mass is 16.3. The van der Waals surface area contributed by atoms with E-state index in [4.69, 9.17) is 0 Å². The highest BCUT2D eigenvalue weighted by Gasteiger charge is 2.61. The van der Waals surface area contributed by atoms with Crippen LogP contribution in [0.25, 0.3) is 0 Å². The average Bonchev–Trinajstić information content (AvgIpc) is 3.05. The molecule has 3 heteroatoms. The van der Waals surface area contributed by atoms with E-state index in [2.05, 4.69) is 45.9 Å². The number of aliphatic hydroxyl groups is 1. The summed E-state index contributed by atoms with van der Waals surface area (Å²) in [5, 5.41) is 14.7. The maximum absolute atomic E-state index is 11.4. The van der Waals surface area contributed by atoms with E-state index in [1.54, 1.807) is 0 Å². The van der Waals surface area contributed by atoms with Gasteiger partial charge in [-0.2, -0.15) is 4.91 Å². The third-order valence-corrected chi connectivity index (χ3v) is 10.4. The van der Waals surface area contributed by atoms with Gasteiger partial charge in [-0.15, -0.1) is 0 Å². The van der Waals surface area contributed by atoms with E-state index >= 15 is 0 Å². The smallest absolute Gasteiger partial charge is 0.110 e. The third kappa shape index (κ3) is 3.61. The number of hydrogen-bond acceptors (Lipinski definition) is 3. The molecule has 3 nitrogen and oxygen atoms in total. The van der Waals surface area contributed by atoms with Crippen molar-refractivity contribution in [3.63, 3.8) is 0 Å². The van der Waals surface area contributed by atoms with Crippen LogP contribution >= 0.6 is 0 Å². The Kier molecular flexibility index (Phi) is 6.25. The van der Waals surface area contributed by atoms with Crippen LogP contribution in [0.2, 0.25) is 0 Å². The molecule has 0 radical (unpaired) electrons. The van der Waals surface area contributed by atoms with Gasteiger partial charge in [-0.05, 0) is 91.3 Å². The molecular formula is C27H45NO2. The highest BCUT2D eigenvalue weighted by Crippen LogP contribution is 2.67. The summed E-state index contributed by atoms with van der Waals surface area (Å²) in [5.41, 5.74) is 1.92. The zero-order valence-corrected chi connectivity index (χ0v) is 20.1. The van der Waals surface area contributed by atoms with Gasteiger partial charge in [-0.1, -0.05) is 70.7 Å². The number of nitrogens with zero attached hydrogens (tertiary/aromatic N) is 1. The number of nitroso groups, excluding NO2 is 1. The topological polar surface area (TPSA) is 49.7 Å². The molecule has 1 unspecified atom stereocenters. The molecule has 0 aromatic heterocycles. The Morgan fingerprint density at radius 2 is 1.83 bits per heavy atom. The van der Waals surface area contributed by atoms with E-state index in [0.29, 0.717) is 23.2 Å². The molecule has 0 bridgehead atoms. The third-order valence-electron chi connectivity index (χ3n) is 10.4. The van der Waals surface area contributed by atoms with Crippen molar-refractivity contribution in [1.82, 2.24) is 0 Å². The maximum atomic E-state index is 11.4. The lowest BCUT2D eigenvalue weighted by atomic mass is 9.45. The second-order valence-electron chi connectivity index (χ2n) is 12.4. The van der Waals surface area contributed by atoms with Crippen molar-refractivity contribution in [2.24, 2.45) is 51.5 Å². The predicted molar refractivity (Wildman–Crippen MR) is 124 cm³/mol. The lowest BCUT2D eigenvalue weighted by Crippen LogP contribution is -2.55. The fourth-order valence-electron chi connectivity index (χ4n) is 8.78. The van der Waals surface area contributed by atoms with Crippen LogP contribution in [0.3, 0.4) is 0 Å². The normalized spacial score (nSPS) is 46.6. The number of aliphatic hydroxyl groups excluding tert-OH is 1. The van der Waals surface area contributed by atoms with E-state index < -0.39 is 0 Å². The Labute approximate surface area is 184 Å². The van der Waals surface area contributed by atoms with Gasteiger partial charge in [-0.25, -0.2) is 0 Å². The first-order chi connectivity index (χ1) is 14.2. The molecule has 0 amide bonds. The summed E-state index contributed by atoms with van der Waals surface area (Å²) < 4.78 is 0. The van der Waals surface area contributed by atoms with Gasteiger partial charge in [0.1, 0.15) is 6.04 Å². The van der Waals surface area contributed by atoms with Crippen molar-refractivity contribution in [1.29, 1.82) is 0 Å². The van der Waals surface area contributed by atoms with Crippen LogP contribution in [0.15, 0.2) is 16.8 Å². The minimum Gasteiger partial charge on any atom is -0.392 e. The molecule has 4 rings (SSSR count). The first kappa shape index (κ1) is 22.5.